The van der Waals surface area contributed by atoms with Gasteiger partial charge in [-0.2, -0.15) is 0 Å². The monoisotopic (exact) mass is 272 g/mol. The first-order chi connectivity index (χ1) is 9.54. The van der Waals surface area contributed by atoms with Gasteiger partial charge in [-0.3, -0.25) is 4.79 Å². The van der Waals surface area contributed by atoms with E-state index in [1.807, 2.05) is 25.1 Å². The molecule has 1 saturated carbocycles. The number of fused-ring (bicyclic) bond motifs is 1. The molecular formula is C16H20N2O2. The molecule has 20 heavy (non-hydrogen) atoms. The van der Waals surface area contributed by atoms with E-state index in [2.05, 4.69) is 17.2 Å². The highest BCUT2D eigenvalue weighted by molar-refractivity contribution is 5.99. The minimum atomic E-state index is -0.0649. The van der Waals surface area contributed by atoms with E-state index >= 15 is 0 Å². The fourth-order valence-electron chi connectivity index (χ4n) is 2.54. The third-order valence-corrected chi connectivity index (χ3v) is 4.49. The van der Waals surface area contributed by atoms with Crippen LogP contribution in [0.2, 0.25) is 0 Å². The molecule has 3 rings (SSSR count). The van der Waals surface area contributed by atoms with Crippen molar-refractivity contribution >= 4 is 16.8 Å². The highest BCUT2D eigenvalue weighted by Crippen LogP contribution is 2.44. The summed E-state index contributed by atoms with van der Waals surface area (Å²) in [4.78, 5) is 15.5. The maximum absolute atomic E-state index is 12.2. The van der Waals surface area contributed by atoms with Gasteiger partial charge in [-0.1, -0.05) is 0 Å². The van der Waals surface area contributed by atoms with Gasteiger partial charge < -0.3 is 15.4 Å². The Morgan fingerprint density at radius 3 is 2.80 bits per heavy atom. The van der Waals surface area contributed by atoms with Crippen molar-refractivity contribution in [3.63, 3.8) is 0 Å². The third-order valence-electron chi connectivity index (χ3n) is 4.49. The van der Waals surface area contributed by atoms with Crippen LogP contribution >= 0.6 is 0 Å². The van der Waals surface area contributed by atoms with Gasteiger partial charge in [0.05, 0.1) is 6.61 Å². The van der Waals surface area contributed by atoms with Crippen molar-refractivity contribution in [1.29, 1.82) is 0 Å². The molecule has 1 amide bonds. The number of nitrogens with one attached hydrogen (secondary N) is 2. The predicted octanol–water partition coefficient (Wildman–Crippen LogP) is 2.29. The molecule has 3 N–H and O–H groups in total. The summed E-state index contributed by atoms with van der Waals surface area (Å²) >= 11 is 0. The summed E-state index contributed by atoms with van der Waals surface area (Å²) < 4.78 is 0. The number of carbonyl (C=O) groups excluding carboxylic acids is 1. The fourth-order valence-corrected chi connectivity index (χ4v) is 2.54. The SMILES string of the molecule is Cc1[nH]c2ccc(C(=O)NCC3(CO)CC3)cc2c1C. The molecule has 1 fully saturated rings. The third kappa shape index (κ3) is 2.20. The minimum absolute atomic E-state index is 0.0552. The number of rotatable bonds is 4. The Kier molecular flexibility index (Phi) is 3.05. The van der Waals surface area contributed by atoms with Crippen LogP contribution in [0.3, 0.4) is 0 Å². The number of benzene rings is 1. The zero-order chi connectivity index (χ0) is 14.3. The smallest absolute Gasteiger partial charge is 0.251 e. The van der Waals surface area contributed by atoms with E-state index in [1.165, 1.54) is 5.56 Å². The Labute approximate surface area is 118 Å². The van der Waals surface area contributed by atoms with Crippen molar-refractivity contribution in [1.82, 2.24) is 10.3 Å². The number of aliphatic hydroxyl groups excluding tert-OH is 1. The second-order valence-electron chi connectivity index (χ2n) is 5.98. The average Bonchev–Trinajstić information content (AvgIpc) is 3.19. The van der Waals surface area contributed by atoms with Crippen molar-refractivity contribution in [2.75, 3.05) is 13.2 Å². The van der Waals surface area contributed by atoms with Gasteiger partial charge in [-0.15, -0.1) is 0 Å². The van der Waals surface area contributed by atoms with Crippen LogP contribution in [0.4, 0.5) is 0 Å². The van der Waals surface area contributed by atoms with Crippen LogP contribution < -0.4 is 5.32 Å². The molecule has 0 spiro atoms. The molecule has 1 aliphatic carbocycles. The topological polar surface area (TPSA) is 65.1 Å². The number of amides is 1. The van der Waals surface area contributed by atoms with Crippen LogP contribution in [0, 0.1) is 19.3 Å². The van der Waals surface area contributed by atoms with Gasteiger partial charge in [0.25, 0.3) is 5.91 Å². The molecule has 106 valence electrons. The fraction of sp³-hybridized carbons (Fsp3) is 0.438. The standard InChI is InChI=1S/C16H20N2O2/c1-10-11(2)18-14-4-3-12(7-13(10)14)15(20)17-8-16(9-19)5-6-16/h3-4,7,18-19H,5-6,8-9H2,1-2H3,(H,17,20). The lowest BCUT2D eigenvalue weighted by Crippen LogP contribution is -2.31. The van der Waals surface area contributed by atoms with Crippen LogP contribution in [-0.4, -0.2) is 29.1 Å². The Bertz CT molecular complexity index is 668. The average molecular weight is 272 g/mol. The first-order valence-corrected chi connectivity index (χ1v) is 7.03. The number of aryl methyl sites for hydroxylation is 2. The molecule has 0 radical (unpaired) electrons. The molecule has 2 aromatic rings. The van der Waals surface area contributed by atoms with E-state index in [0.29, 0.717) is 12.1 Å². The molecule has 1 aliphatic rings. The summed E-state index contributed by atoms with van der Waals surface area (Å²) in [6.07, 6.45) is 2.00. The second kappa shape index (κ2) is 4.63. The first-order valence-electron chi connectivity index (χ1n) is 7.03. The number of H-pyrrole nitrogens is 1. The number of aromatic amines is 1. The highest BCUT2D eigenvalue weighted by Gasteiger charge is 2.42. The first kappa shape index (κ1) is 13.2. The van der Waals surface area contributed by atoms with Crippen LogP contribution in [0.25, 0.3) is 10.9 Å². The second-order valence-corrected chi connectivity index (χ2v) is 5.98. The van der Waals surface area contributed by atoms with E-state index in [1.54, 1.807) is 0 Å². The zero-order valence-corrected chi connectivity index (χ0v) is 11.9. The van der Waals surface area contributed by atoms with E-state index < -0.39 is 0 Å². The van der Waals surface area contributed by atoms with Gasteiger partial charge in [-0.05, 0) is 50.5 Å². The van der Waals surface area contributed by atoms with Crippen LogP contribution in [-0.2, 0) is 0 Å². The number of aromatic nitrogens is 1. The van der Waals surface area contributed by atoms with E-state index in [-0.39, 0.29) is 17.9 Å². The summed E-state index contributed by atoms with van der Waals surface area (Å²) in [6.45, 7) is 4.81. The number of hydrogen-bond acceptors (Lipinski definition) is 2. The molecule has 4 heteroatoms. The molecule has 0 unspecified atom stereocenters. The zero-order valence-electron chi connectivity index (χ0n) is 11.9. The minimum Gasteiger partial charge on any atom is -0.396 e. The molecule has 1 aromatic carbocycles. The van der Waals surface area contributed by atoms with Crippen molar-refractivity contribution < 1.29 is 9.90 Å². The van der Waals surface area contributed by atoms with Crippen molar-refractivity contribution in [3.05, 3.63) is 35.0 Å². The van der Waals surface area contributed by atoms with Crippen molar-refractivity contribution in [2.24, 2.45) is 5.41 Å². The largest absolute Gasteiger partial charge is 0.396 e. The Hall–Kier alpha value is -1.81. The van der Waals surface area contributed by atoms with Gasteiger partial charge in [0, 0.05) is 34.1 Å². The van der Waals surface area contributed by atoms with E-state index in [4.69, 9.17) is 0 Å². The summed E-state index contributed by atoms with van der Waals surface area (Å²) in [5.74, 6) is -0.0649. The molecule has 0 aliphatic heterocycles. The van der Waals surface area contributed by atoms with Crippen LogP contribution in [0.5, 0.6) is 0 Å². The van der Waals surface area contributed by atoms with E-state index in [0.717, 1.165) is 29.4 Å². The molecule has 1 aromatic heterocycles. The Morgan fingerprint density at radius 1 is 1.40 bits per heavy atom. The highest BCUT2D eigenvalue weighted by atomic mass is 16.3. The summed E-state index contributed by atoms with van der Waals surface area (Å²) in [5.41, 5.74) is 4.00. The van der Waals surface area contributed by atoms with E-state index in [9.17, 15) is 9.90 Å². The molecule has 0 bridgehead atoms. The number of hydrogen-bond donors (Lipinski definition) is 3. The lowest BCUT2D eigenvalue weighted by atomic mass is 10.1. The van der Waals surface area contributed by atoms with Crippen molar-refractivity contribution in [2.45, 2.75) is 26.7 Å². The lowest BCUT2D eigenvalue weighted by molar-refractivity contribution is 0.0935. The maximum Gasteiger partial charge on any atom is 0.251 e. The van der Waals surface area contributed by atoms with Crippen molar-refractivity contribution in [3.8, 4) is 0 Å². The summed E-state index contributed by atoms with van der Waals surface area (Å²) in [7, 11) is 0. The summed E-state index contributed by atoms with van der Waals surface area (Å²) in [5, 5.41) is 13.3. The maximum atomic E-state index is 12.2. The number of carbonyl (C=O) groups is 1. The van der Waals surface area contributed by atoms with Gasteiger partial charge in [0.2, 0.25) is 0 Å². The summed E-state index contributed by atoms with van der Waals surface area (Å²) in [6, 6.07) is 5.72. The molecule has 4 nitrogen and oxygen atoms in total. The Balaban J connectivity index is 1.79. The predicted molar refractivity (Wildman–Crippen MR) is 78.9 cm³/mol. The van der Waals surface area contributed by atoms with Gasteiger partial charge >= 0.3 is 0 Å². The lowest BCUT2D eigenvalue weighted by Gasteiger charge is -2.12. The van der Waals surface area contributed by atoms with Gasteiger partial charge in [0.1, 0.15) is 0 Å². The molecular weight excluding hydrogens is 252 g/mol. The molecule has 1 heterocycles. The quantitative estimate of drug-likeness (QED) is 0.799. The normalized spacial score (nSPS) is 16.4. The number of aliphatic hydroxyl groups is 1. The molecule has 0 atom stereocenters. The van der Waals surface area contributed by atoms with Crippen LogP contribution in [0.15, 0.2) is 18.2 Å². The van der Waals surface area contributed by atoms with Gasteiger partial charge in [-0.25, -0.2) is 0 Å². The Morgan fingerprint density at radius 2 is 2.15 bits per heavy atom. The van der Waals surface area contributed by atoms with Gasteiger partial charge in [0.15, 0.2) is 0 Å². The molecule has 0 saturated heterocycles. The van der Waals surface area contributed by atoms with Crippen LogP contribution in [0.1, 0.15) is 34.5 Å².